The first-order valence-electron chi connectivity index (χ1n) is 10.6. The lowest BCUT2D eigenvalue weighted by Gasteiger charge is -2.42. The third-order valence-electron chi connectivity index (χ3n) is 6.61. The van der Waals surface area contributed by atoms with Crippen molar-refractivity contribution >= 4 is 33.3 Å². The molecule has 1 saturated heterocycles. The van der Waals surface area contributed by atoms with Crippen LogP contribution in [0.4, 0.5) is 5.82 Å². The van der Waals surface area contributed by atoms with Crippen molar-refractivity contribution in [2.45, 2.75) is 44.7 Å². The highest BCUT2D eigenvalue weighted by molar-refractivity contribution is 7.20. The van der Waals surface area contributed by atoms with Crippen LogP contribution in [0.25, 0.3) is 10.2 Å². The molecule has 0 spiro atoms. The lowest BCUT2D eigenvalue weighted by molar-refractivity contribution is 0.0599. The van der Waals surface area contributed by atoms with E-state index < -0.39 is 0 Å². The van der Waals surface area contributed by atoms with Crippen LogP contribution in [0.15, 0.2) is 29.3 Å². The molecular weight excluding hydrogens is 398 g/mol. The Morgan fingerprint density at radius 2 is 2.07 bits per heavy atom. The van der Waals surface area contributed by atoms with E-state index in [1.165, 1.54) is 24.2 Å². The molecule has 7 nitrogen and oxygen atoms in total. The van der Waals surface area contributed by atoms with E-state index in [1.807, 2.05) is 28.5 Å². The van der Waals surface area contributed by atoms with Gasteiger partial charge < -0.3 is 14.8 Å². The summed E-state index contributed by atoms with van der Waals surface area (Å²) in [6.07, 6.45) is 4.96. The molecule has 3 aromatic heterocycles. The van der Waals surface area contributed by atoms with Gasteiger partial charge in [0, 0.05) is 43.4 Å². The van der Waals surface area contributed by atoms with Gasteiger partial charge in [0.1, 0.15) is 17.0 Å². The number of fused-ring (bicyclic) bond motifs is 5. The van der Waals surface area contributed by atoms with Crippen molar-refractivity contribution in [1.29, 1.82) is 0 Å². The summed E-state index contributed by atoms with van der Waals surface area (Å²) in [5.74, 6) is 1.47. The number of thiophene rings is 1. The van der Waals surface area contributed by atoms with Crippen molar-refractivity contribution in [2.75, 3.05) is 18.4 Å². The number of piperidine rings is 1. The number of aryl methyl sites for hydroxylation is 1. The second-order valence-electron chi connectivity index (χ2n) is 8.79. The van der Waals surface area contributed by atoms with Gasteiger partial charge in [-0.25, -0.2) is 9.97 Å². The number of hydrogen-bond donors (Lipinski definition) is 1. The third kappa shape index (κ3) is 2.85. The van der Waals surface area contributed by atoms with Crippen LogP contribution in [0.3, 0.4) is 0 Å². The maximum Gasteiger partial charge on any atom is 0.264 e. The van der Waals surface area contributed by atoms with E-state index in [-0.39, 0.29) is 17.4 Å². The van der Waals surface area contributed by atoms with Gasteiger partial charge in [0.05, 0.1) is 10.3 Å². The number of nitrogens with one attached hydrogen (secondary N) is 1. The Balaban J connectivity index is 1.33. The van der Waals surface area contributed by atoms with Crippen LogP contribution >= 0.6 is 11.3 Å². The minimum Gasteiger partial charge on any atom is -0.367 e. The number of likely N-dealkylation sites (tertiary alicyclic amines) is 1. The first kappa shape index (κ1) is 18.1. The summed E-state index contributed by atoms with van der Waals surface area (Å²) in [6, 6.07) is 5.99. The quantitative estimate of drug-likeness (QED) is 0.703. The highest BCUT2D eigenvalue weighted by Crippen LogP contribution is 2.39. The molecule has 2 aliphatic heterocycles. The zero-order valence-corrected chi connectivity index (χ0v) is 17.6. The lowest BCUT2D eigenvalue weighted by atomic mass is 9.83. The van der Waals surface area contributed by atoms with Gasteiger partial charge in [-0.15, -0.1) is 11.3 Å². The Kier molecular flexibility index (Phi) is 3.99. The molecule has 2 fully saturated rings. The third-order valence-corrected chi connectivity index (χ3v) is 7.79. The highest BCUT2D eigenvalue weighted by Gasteiger charge is 2.37. The van der Waals surface area contributed by atoms with Gasteiger partial charge in [-0.2, -0.15) is 0 Å². The average molecular weight is 422 g/mol. The summed E-state index contributed by atoms with van der Waals surface area (Å²) in [5.41, 5.74) is 2.10. The molecule has 8 heteroatoms. The maximum absolute atomic E-state index is 13.5. The van der Waals surface area contributed by atoms with Crippen molar-refractivity contribution in [2.24, 2.45) is 5.92 Å². The van der Waals surface area contributed by atoms with Crippen LogP contribution in [-0.2, 0) is 6.54 Å². The fraction of sp³-hybridized carbons (Fsp3) is 0.455. The number of carbonyl (C=O) groups is 1. The van der Waals surface area contributed by atoms with Gasteiger partial charge in [0.25, 0.3) is 11.5 Å². The van der Waals surface area contributed by atoms with Crippen LogP contribution in [0.1, 0.15) is 46.1 Å². The smallest absolute Gasteiger partial charge is 0.264 e. The van der Waals surface area contributed by atoms with Crippen molar-refractivity contribution in [3.8, 4) is 0 Å². The molecule has 30 heavy (non-hydrogen) atoms. The number of nitrogens with zero attached hydrogens (tertiary/aromatic N) is 4. The van der Waals surface area contributed by atoms with Gasteiger partial charge in [-0.1, -0.05) is 6.07 Å². The molecule has 154 valence electrons. The topological polar surface area (TPSA) is 80.1 Å². The molecule has 0 unspecified atom stereocenters. The van der Waals surface area contributed by atoms with Gasteiger partial charge in [0.2, 0.25) is 0 Å². The SMILES string of the molecule is Cc1c(C(=O)N2C[C@@H]3C[C@@H](C2)c2cccc(=O)n2C3)sc2ncnc(NC3CC3)c12. The van der Waals surface area contributed by atoms with Crippen LogP contribution in [-0.4, -0.2) is 44.5 Å². The molecule has 1 aliphatic carbocycles. The fourth-order valence-corrected chi connectivity index (χ4v) is 6.13. The monoisotopic (exact) mass is 421 g/mol. The first-order valence-corrected chi connectivity index (χ1v) is 11.4. The number of carbonyl (C=O) groups excluding carboxylic acids is 1. The summed E-state index contributed by atoms with van der Waals surface area (Å²) in [4.78, 5) is 38.3. The predicted octanol–water partition coefficient (Wildman–Crippen LogP) is 3.00. The molecule has 1 amide bonds. The van der Waals surface area contributed by atoms with Crippen molar-refractivity contribution in [3.05, 3.63) is 51.0 Å². The molecule has 3 aromatic rings. The van der Waals surface area contributed by atoms with Gasteiger partial charge in [0.15, 0.2) is 0 Å². The van der Waals surface area contributed by atoms with E-state index in [0.29, 0.717) is 31.6 Å². The van der Waals surface area contributed by atoms with E-state index >= 15 is 0 Å². The van der Waals surface area contributed by atoms with Crippen molar-refractivity contribution in [1.82, 2.24) is 19.4 Å². The molecule has 2 atom stereocenters. The molecule has 0 aromatic carbocycles. The minimum absolute atomic E-state index is 0.0663. The van der Waals surface area contributed by atoms with Crippen LogP contribution < -0.4 is 10.9 Å². The molecule has 1 N–H and O–H groups in total. The number of hydrogen-bond acceptors (Lipinski definition) is 6. The molecule has 3 aliphatic rings. The van der Waals surface area contributed by atoms with E-state index in [9.17, 15) is 9.59 Å². The lowest BCUT2D eigenvalue weighted by Crippen LogP contribution is -2.49. The molecule has 2 bridgehead atoms. The van der Waals surface area contributed by atoms with Crippen molar-refractivity contribution in [3.63, 3.8) is 0 Å². The van der Waals surface area contributed by atoms with E-state index in [1.54, 1.807) is 12.4 Å². The predicted molar refractivity (Wildman–Crippen MR) is 116 cm³/mol. The zero-order valence-electron chi connectivity index (χ0n) is 16.8. The Hall–Kier alpha value is -2.74. The summed E-state index contributed by atoms with van der Waals surface area (Å²) in [6.45, 7) is 4.06. The highest BCUT2D eigenvalue weighted by atomic mass is 32.1. The van der Waals surface area contributed by atoms with E-state index in [4.69, 9.17) is 0 Å². The molecule has 5 heterocycles. The van der Waals surface area contributed by atoms with Gasteiger partial charge in [-0.3, -0.25) is 9.59 Å². The number of aromatic nitrogens is 3. The second-order valence-corrected chi connectivity index (χ2v) is 9.78. The summed E-state index contributed by atoms with van der Waals surface area (Å²) < 4.78 is 1.90. The molecular formula is C22H23N5O2S. The first-order chi connectivity index (χ1) is 14.6. The minimum atomic E-state index is 0.0663. The Morgan fingerprint density at radius 1 is 1.20 bits per heavy atom. The molecule has 6 rings (SSSR count). The average Bonchev–Trinajstić information content (AvgIpc) is 3.49. The Morgan fingerprint density at radius 3 is 2.90 bits per heavy atom. The summed E-state index contributed by atoms with van der Waals surface area (Å²) in [7, 11) is 0. The van der Waals surface area contributed by atoms with E-state index in [0.717, 1.165) is 38.6 Å². The van der Waals surface area contributed by atoms with Crippen LogP contribution in [0.2, 0.25) is 0 Å². The largest absolute Gasteiger partial charge is 0.367 e. The van der Waals surface area contributed by atoms with Gasteiger partial charge >= 0.3 is 0 Å². The number of pyridine rings is 1. The summed E-state index contributed by atoms with van der Waals surface area (Å²) >= 11 is 1.47. The molecule has 1 saturated carbocycles. The van der Waals surface area contributed by atoms with Crippen LogP contribution in [0, 0.1) is 12.8 Å². The van der Waals surface area contributed by atoms with E-state index in [2.05, 4.69) is 15.3 Å². The van der Waals surface area contributed by atoms with Crippen molar-refractivity contribution < 1.29 is 4.79 Å². The normalized spacial score (nSPS) is 22.8. The van der Waals surface area contributed by atoms with Crippen LogP contribution in [0.5, 0.6) is 0 Å². The number of rotatable bonds is 3. The maximum atomic E-state index is 13.5. The number of amides is 1. The van der Waals surface area contributed by atoms with Gasteiger partial charge in [-0.05, 0) is 43.7 Å². The Bertz CT molecular complexity index is 1230. The second kappa shape index (κ2) is 6.63. The molecule has 0 radical (unpaired) electrons. The zero-order chi connectivity index (χ0) is 20.4. The summed E-state index contributed by atoms with van der Waals surface area (Å²) in [5, 5.41) is 4.46. The Labute approximate surface area is 177 Å². The standard InChI is InChI=1S/C22H23N5O2S/c1-12-18-20(25-15-5-6-15)23-11-24-21(18)30-19(12)22(29)26-8-13-7-14(10-26)16-3-2-4-17(28)27(16)9-13/h2-4,11,13-15H,5-10H2,1H3,(H,23,24,25)/t13-,14-/m0/s1. The fourth-order valence-electron chi connectivity index (χ4n) is 5.01. The number of anilines is 1.